The summed E-state index contributed by atoms with van der Waals surface area (Å²) < 4.78 is 0. The van der Waals surface area contributed by atoms with Crippen LogP contribution in [0.2, 0.25) is 0 Å². The molecule has 1 N–H and O–H groups in total. The lowest BCUT2D eigenvalue weighted by molar-refractivity contribution is -0.123. The van der Waals surface area contributed by atoms with Gasteiger partial charge in [-0.1, -0.05) is 0 Å². The van der Waals surface area contributed by atoms with E-state index in [1.165, 1.54) is 0 Å². The van der Waals surface area contributed by atoms with E-state index in [0.29, 0.717) is 6.04 Å². The largest absolute Gasteiger partial charge is 0.352 e. The van der Waals surface area contributed by atoms with Gasteiger partial charge in [-0.25, -0.2) is 0 Å². The van der Waals surface area contributed by atoms with Crippen molar-refractivity contribution in [1.82, 2.24) is 10.2 Å². The molecule has 0 aromatic rings. The fraction of sp³-hybridized carbons (Fsp3) is 0.875. The zero-order valence-corrected chi connectivity index (χ0v) is 6.84. The Morgan fingerprint density at radius 1 is 1.55 bits per heavy atom. The Kier molecular flexibility index (Phi) is 1.60. The van der Waals surface area contributed by atoms with Crippen LogP contribution in [0, 0.1) is 5.92 Å². The number of carbonyl (C=O) groups is 1. The minimum Gasteiger partial charge on any atom is -0.352 e. The molecule has 0 radical (unpaired) electrons. The second-order valence-corrected chi connectivity index (χ2v) is 3.69. The third-order valence-electron chi connectivity index (χ3n) is 2.71. The zero-order chi connectivity index (χ0) is 7.84. The van der Waals surface area contributed by atoms with Crippen molar-refractivity contribution < 1.29 is 4.79 Å². The van der Waals surface area contributed by atoms with Gasteiger partial charge in [0.15, 0.2) is 0 Å². The number of nitrogens with zero attached hydrogens (tertiary/aromatic N) is 1. The lowest BCUT2D eigenvalue weighted by Gasteiger charge is -2.24. The summed E-state index contributed by atoms with van der Waals surface area (Å²) in [6, 6.07) is 0.446. The number of piperidine rings is 1. The number of likely N-dealkylation sites (tertiary alicyclic amines) is 1. The minimum atomic E-state index is 0.238. The first kappa shape index (κ1) is 7.10. The number of amides is 1. The summed E-state index contributed by atoms with van der Waals surface area (Å²) in [4.78, 5) is 13.3. The van der Waals surface area contributed by atoms with Crippen LogP contribution >= 0.6 is 0 Å². The highest BCUT2D eigenvalue weighted by Crippen LogP contribution is 2.23. The standard InChI is InChI=1S/C8H14N2O/c1-10-4-6-2-3-8(11)9-7(6)5-10/h6-7H,2-5H2,1H3,(H,9,11). The highest BCUT2D eigenvalue weighted by atomic mass is 16.1. The van der Waals surface area contributed by atoms with Crippen molar-refractivity contribution in [2.24, 2.45) is 5.92 Å². The molecule has 0 bridgehead atoms. The number of hydrogen-bond donors (Lipinski definition) is 1. The van der Waals surface area contributed by atoms with Gasteiger partial charge < -0.3 is 10.2 Å². The topological polar surface area (TPSA) is 32.3 Å². The summed E-state index contributed by atoms with van der Waals surface area (Å²) in [5, 5.41) is 3.03. The molecule has 11 heavy (non-hydrogen) atoms. The van der Waals surface area contributed by atoms with Crippen LogP contribution in [0.25, 0.3) is 0 Å². The van der Waals surface area contributed by atoms with Gasteiger partial charge in [-0.3, -0.25) is 4.79 Å². The minimum absolute atomic E-state index is 0.238. The number of rotatable bonds is 0. The van der Waals surface area contributed by atoms with Gasteiger partial charge in [0.2, 0.25) is 5.91 Å². The van der Waals surface area contributed by atoms with Gasteiger partial charge in [0, 0.05) is 25.6 Å². The van der Waals surface area contributed by atoms with E-state index >= 15 is 0 Å². The van der Waals surface area contributed by atoms with Crippen molar-refractivity contribution in [2.75, 3.05) is 20.1 Å². The van der Waals surface area contributed by atoms with E-state index in [1.54, 1.807) is 0 Å². The van der Waals surface area contributed by atoms with Crippen LogP contribution in [0.15, 0.2) is 0 Å². The van der Waals surface area contributed by atoms with E-state index < -0.39 is 0 Å². The highest BCUT2D eigenvalue weighted by Gasteiger charge is 2.34. The van der Waals surface area contributed by atoms with Gasteiger partial charge in [-0.2, -0.15) is 0 Å². The fourth-order valence-electron chi connectivity index (χ4n) is 2.14. The fourth-order valence-corrected chi connectivity index (χ4v) is 2.14. The maximum atomic E-state index is 11.0. The number of likely N-dealkylation sites (N-methyl/N-ethyl adjacent to an activating group) is 1. The van der Waals surface area contributed by atoms with Crippen molar-refractivity contribution in [3.8, 4) is 0 Å². The number of carbonyl (C=O) groups excluding carboxylic acids is 1. The van der Waals surface area contributed by atoms with Crippen molar-refractivity contribution >= 4 is 5.91 Å². The number of fused-ring (bicyclic) bond motifs is 1. The highest BCUT2D eigenvalue weighted by molar-refractivity contribution is 5.77. The van der Waals surface area contributed by atoms with Gasteiger partial charge in [-0.05, 0) is 19.4 Å². The smallest absolute Gasteiger partial charge is 0.220 e. The lowest BCUT2D eigenvalue weighted by Crippen LogP contribution is -2.44. The average molecular weight is 154 g/mol. The second-order valence-electron chi connectivity index (χ2n) is 3.69. The SMILES string of the molecule is CN1CC2CCC(=O)NC2C1. The summed E-state index contributed by atoms with van der Waals surface area (Å²) in [7, 11) is 2.12. The zero-order valence-electron chi connectivity index (χ0n) is 6.84. The molecular formula is C8H14N2O. The Morgan fingerprint density at radius 3 is 3.18 bits per heavy atom. The molecule has 2 unspecified atom stereocenters. The molecule has 3 nitrogen and oxygen atoms in total. The van der Waals surface area contributed by atoms with E-state index in [9.17, 15) is 4.79 Å². The van der Waals surface area contributed by atoms with Crippen molar-refractivity contribution in [2.45, 2.75) is 18.9 Å². The summed E-state index contributed by atoms with van der Waals surface area (Å²) in [5.74, 6) is 0.958. The summed E-state index contributed by atoms with van der Waals surface area (Å²) in [5.41, 5.74) is 0. The Labute approximate surface area is 66.8 Å². The molecule has 0 aromatic carbocycles. The van der Waals surface area contributed by atoms with E-state index in [4.69, 9.17) is 0 Å². The monoisotopic (exact) mass is 154 g/mol. The van der Waals surface area contributed by atoms with Gasteiger partial charge >= 0.3 is 0 Å². The number of hydrogen-bond acceptors (Lipinski definition) is 2. The lowest BCUT2D eigenvalue weighted by atomic mass is 9.94. The second kappa shape index (κ2) is 2.48. The van der Waals surface area contributed by atoms with E-state index in [0.717, 1.165) is 31.8 Å². The Morgan fingerprint density at radius 2 is 2.36 bits per heavy atom. The van der Waals surface area contributed by atoms with Crippen LogP contribution in [0.5, 0.6) is 0 Å². The van der Waals surface area contributed by atoms with Crippen molar-refractivity contribution in [3.63, 3.8) is 0 Å². The van der Waals surface area contributed by atoms with Gasteiger partial charge in [0.1, 0.15) is 0 Å². The van der Waals surface area contributed by atoms with Crippen molar-refractivity contribution in [1.29, 1.82) is 0 Å². The normalized spacial score (nSPS) is 38.5. The first-order chi connectivity index (χ1) is 5.25. The summed E-state index contributed by atoms with van der Waals surface area (Å²) in [6.07, 6.45) is 1.82. The van der Waals surface area contributed by atoms with Crippen LogP contribution in [-0.4, -0.2) is 37.0 Å². The van der Waals surface area contributed by atoms with Crippen LogP contribution in [0.3, 0.4) is 0 Å². The Hall–Kier alpha value is -0.570. The predicted octanol–water partition coefficient (Wildman–Crippen LogP) is -0.173. The molecule has 2 atom stereocenters. The average Bonchev–Trinajstić information content (AvgIpc) is 2.27. The van der Waals surface area contributed by atoms with Crippen molar-refractivity contribution in [3.05, 3.63) is 0 Å². The van der Waals surface area contributed by atoms with E-state index in [1.807, 2.05) is 0 Å². The molecular weight excluding hydrogens is 140 g/mol. The molecule has 2 fully saturated rings. The maximum Gasteiger partial charge on any atom is 0.220 e. The molecule has 2 heterocycles. The maximum absolute atomic E-state index is 11.0. The van der Waals surface area contributed by atoms with Gasteiger partial charge in [0.25, 0.3) is 0 Å². The van der Waals surface area contributed by atoms with Crippen LogP contribution in [0.4, 0.5) is 0 Å². The third-order valence-corrected chi connectivity index (χ3v) is 2.71. The van der Waals surface area contributed by atoms with Crippen LogP contribution in [0.1, 0.15) is 12.8 Å². The molecule has 2 rings (SSSR count). The Balaban J connectivity index is 2.02. The molecule has 0 aliphatic carbocycles. The molecule has 2 aliphatic rings. The van der Waals surface area contributed by atoms with E-state index in [2.05, 4.69) is 17.3 Å². The molecule has 2 saturated heterocycles. The molecule has 0 saturated carbocycles. The van der Waals surface area contributed by atoms with Gasteiger partial charge in [-0.15, -0.1) is 0 Å². The molecule has 3 heteroatoms. The predicted molar refractivity (Wildman–Crippen MR) is 42.2 cm³/mol. The first-order valence-corrected chi connectivity index (χ1v) is 4.23. The van der Waals surface area contributed by atoms with Crippen LogP contribution < -0.4 is 5.32 Å². The third kappa shape index (κ3) is 1.25. The quantitative estimate of drug-likeness (QED) is 0.525. The van der Waals surface area contributed by atoms with Crippen LogP contribution in [-0.2, 0) is 4.79 Å². The van der Waals surface area contributed by atoms with Gasteiger partial charge in [0.05, 0.1) is 0 Å². The van der Waals surface area contributed by atoms with E-state index in [-0.39, 0.29) is 5.91 Å². The summed E-state index contributed by atoms with van der Waals surface area (Å²) >= 11 is 0. The molecule has 1 amide bonds. The summed E-state index contributed by atoms with van der Waals surface area (Å²) in [6.45, 7) is 2.20. The first-order valence-electron chi connectivity index (χ1n) is 4.23. The molecule has 0 spiro atoms. The Bertz CT molecular complexity index is 181. The molecule has 2 aliphatic heterocycles. The molecule has 0 aromatic heterocycles. The molecule has 62 valence electrons. The number of nitrogens with one attached hydrogen (secondary N) is 1.